The minimum absolute atomic E-state index is 0.0995. The molecule has 0 atom stereocenters. The van der Waals surface area contributed by atoms with Crippen LogP contribution in [-0.4, -0.2) is 41.5 Å². The van der Waals surface area contributed by atoms with Crippen LogP contribution in [0.15, 0.2) is 40.6 Å². The summed E-state index contributed by atoms with van der Waals surface area (Å²) in [6.45, 7) is 0. The fourth-order valence-electron chi connectivity index (χ4n) is 1.33. The van der Waals surface area contributed by atoms with E-state index in [0.717, 1.165) is 11.8 Å². The maximum atomic E-state index is 13.5. The summed E-state index contributed by atoms with van der Waals surface area (Å²) < 4.78 is 13.5. The summed E-state index contributed by atoms with van der Waals surface area (Å²) in [7, 11) is 3.52. The summed E-state index contributed by atoms with van der Waals surface area (Å²) >= 11 is 5.78. The molecule has 0 spiro atoms. The number of halogens is 2. The molecule has 0 bridgehead atoms. The summed E-state index contributed by atoms with van der Waals surface area (Å²) in [6.07, 6.45) is 3.86. The van der Waals surface area contributed by atoms with Crippen molar-refractivity contribution in [3.05, 3.63) is 46.9 Å². The van der Waals surface area contributed by atoms with Gasteiger partial charge in [-0.15, -0.1) is 0 Å². The first-order valence-corrected chi connectivity index (χ1v) is 6.61. The second-order valence-electron chi connectivity index (χ2n) is 4.41. The molecule has 22 heavy (non-hydrogen) atoms. The van der Waals surface area contributed by atoms with Crippen molar-refractivity contribution in [2.75, 3.05) is 14.1 Å². The van der Waals surface area contributed by atoms with Crippen LogP contribution in [0.25, 0.3) is 0 Å². The maximum Gasteiger partial charge on any atom is 0.347 e. The highest BCUT2D eigenvalue weighted by Crippen LogP contribution is 2.16. The first-order chi connectivity index (χ1) is 10.5. The van der Waals surface area contributed by atoms with E-state index < -0.39 is 5.82 Å². The summed E-state index contributed by atoms with van der Waals surface area (Å²) in [4.78, 5) is 18.0. The number of hydrogen-bond donors (Lipinski definition) is 0. The van der Waals surface area contributed by atoms with Gasteiger partial charge in [-0.05, 0) is 17.7 Å². The molecule has 0 aliphatic carbocycles. The highest BCUT2D eigenvalue weighted by Gasteiger charge is 2.06. The van der Waals surface area contributed by atoms with Crippen molar-refractivity contribution in [3.8, 4) is 6.01 Å². The van der Waals surface area contributed by atoms with Crippen LogP contribution in [0.4, 0.5) is 10.2 Å². The normalized spacial score (nSPS) is 11.3. The average molecular weight is 322 g/mol. The van der Waals surface area contributed by atoms with E-state index in [1.54, 1.807) is 43.3 Å². The van der Waals surface area contributed by atoms with Gasteiger partial charge in [-0.1, -0.05) is 28.9 Å². The molecule has 8 heteroatoms. The number of rotatable bonds is 5. The number of nitrogens with zero attached hydrogens (tertiary/aromatic N) is 5. The Bertz CT molecular complexity index is 688. The van der Waals surface area contributed by atoms with Crippen molar-refractivity contribution in [2.24, 2.45) is 10.1 Å². The second kappa shape index (κ2) is 7.46. The van der Waals surface area contributed by atoms with E-state index in [9.17, 15) is 4.39 Å². The standard InChI is InChI=1S/C14H13ClFN5O/c1-21(2)9-18-13-12(16)8-17-14(20-13)22-19-7-10-3-5-11(15)6-4-10/h3-9H,1-2H3/b18-9+,19-7?. The minimum Gasteiger partial charge on any atom is -0.369 e. The van der Waals surface area contributed by atoms with Crippen molar-refractivity contribution >= 4 is 30.0 Å². The zero-order chi connectivity index (χ0) is 15.9. The lowest BCUT2D eigenvalue weighted by Gasteiger charge is -2.03. The Kier molecular flexibility index (Phi) is 5.37. The Hall–Kier alpha value is -2.54. The van der Waals surface area contributed by atoms with Gasteiger partial charge in [0.25, 0.3) is 0 Å². The Morgan fingerprint density at radius 1 is 1.27 bits per heavy atom. The molecule has 0 radical (unpaired) electrons. The van der Waals surface area contributed by atoms with E-state index in [4.69, 9.17) is 16.4 Å². The molecule has 0 unspecified atom stereocenters. The highest BCUT2D eigenvalue weighted by atomic mass is 35.5. The van der Waals surface area contributed by atoms with Gasteiger partial charge in [-0.2, -0.15) is 9.97 Å². The van der Waals surface area contributed by atoms with E-state index in [1.807, 2.05) is 0 Å². The molecule has 0 saturated heterocycles. The van der Waals surface area contributed by atoms with Gasteiger partial charge in [-0.25, -0.2) is 9.38 Å². The Balaban J connectivity index is 2.06. The van der Waals surface area contributed by atoms with Crippen molar-refractivity contribution in [1.82, 2.24) is 14.9 Å². The van der Waals surface area contributed by atoms with Crippen LogP contribution in [0, 0.1) is 5.82 Å². The van der Waals surface area contributed by atoms with Gasteiger partial charge in [-0.3, -0.25) is 0 Å². The molecule has 114 valence electrons. The van der Waals surface area contributed by atoms with Crippen LogP contribution >= 0.6 is 11.6 Å². The molecule has 0 saturated carbocycles. The number of hydrogen-bond acceptors (Lipinski definition) is 5. The van der Waals surface area contributed by atoms with Gasteiger partial charge < -0.3 is 9.74 Å². The summed E-state index contributed by atoms with van der Waals surface area (Å²) in [5, 5.41) is 4.36. The van der Waals surface area contributed by atoms with Gasteiger partial charge >= 0.3 is 6.01 Å². The molecule has 1 aromatic carbocycles. The summed E-state index contributed by atoms with van der Waals surface area (Å²) in [5.74, 6) is -0.771. The smallest absolute Gasteiger partial charge is 0.347 e. The second-order valence-corrected chi connectivity index (χ2v) is 4.85. The van der Waals surface area contributed by atoms with Crippen molar-refractivity contribution in [2.45, 2.75) is 0 Å². The molecule has 0 N–H and O–H groups in total. The number of aliphatic imine (C=N–C) groups is 1. The van der Waals surface area contributed by atoms with Crippen molar-refractivity contribution in [1.29, 1.82) is 0 Å². The fraction of sp³-hybridized carbons (Fsp3) is 0.143. The lowest BCUT2D eigenvalue weighted by molar-refractivity contribution is 0.313. The monoisotopic (exact) mass is 321 g/mol. The fourth-order valence-corrected chi connectivity index (χ4v) is 1.46. The largest absolute Gasteiger partial charge is 0.369 e. The van der Waals surface area contributed by atoms with E-state index in [0.29, 0.717) is 5.02 Å². The predicted octanol–water partition coefficient (Wildman–Crippen LogP) is 2.90. The maximum absolute atomic E-state index is 13.5. The van der Waals surface area contributed by atoms with Crippen molar-refractivity contribution in [3.63, 3.8) is 0 Å². The number of aromatic nitrogens is 2. The van der Waals surface area contributed by atoms with Crippen LogP contribution in [0.1, 0.15) is 5.56 Å². The van der Waals surface area contributed by atoms with Gasteiger partial charge in [0.1, 0.15) is 0 Å². The van der Waals surface area contributed by atoms with E-state index >= 15 is 0 Å². The molecule has 0 aliphatic heterocycles. The Morgan fingerprint density at radius 3 is 2.68 bits per heavy atom. The molecule has 2 aromatic rings. The average Bonchev–Trinajstić information content (AvgIpc) is 2.49. The van der Waals surface area contributed by atoms with Crippen molar-refractivity contribution < 1.29 is 9.23 Å². The molecular weight excluding hydrogens is 309 g/mol. The number of oxime groups is 1. The third-order valence-corrected chi connectivity index (χ3v) is 2.57. The first-order valence-electron chi connectivity index (χ1n) is 6.24. The van der Waals surface area contributed by atoms with Gasteiger partial charge in [0.2, 0.25) is 0 Å². The third-order valence-electron chi connectivity index (χ3n) is 2.32. The quantitative estimate of drug-likeness (QED) is 0.482. The molecule has 6 nitrogen and oxygen atoms in total. The zero-order valence-corrected chi connectivity index (χ0v) is 12.7. The Labute approximate surface area is 131 Å². The van der Waals surface area contributed by atoms with E-state index in [-0.39, 0.29) is 11.8 Å². The lowest BCUT2D eigenvalue weighted by Crippen LogP contribution is -2.07. The SMILES string of the molecule is CN(C)/C=N/c1nc(ON=Cc2ccc(Cl)cc2)ncc1F. The topological polar surface area (TPSA) is 63.0 Å². The molecule has 2 rings (SSSR count). The van der Waals surface area contributed by atoms with Gasteiger partial charge in [0, 0.05) is 19.1 Å². The Morgan fingerprint density at radius 2 is 2.00 bits per heavy atom. The molecular formula is C14H13ClFN5O. The molecule has 1 heterocycles. The lowest BCUT2D eigenvalue weighted by atomic mass is 10.2. The zero-order valence-electron chi connectivity index (χ0n) is 11.9. The van der Waals surface area contributed by atoms with E-state index in [2.05, 4.69) is 20.1 Å². The summed E-state index contributed by atoms with van der Waals surface area (Å²) in [6, 6.07) is 6.90. The van der Waals surface area contributed by atoms with Crippen LogP contribution in [0.3, 0.4) is 0 Å². The first kappa shape index (κ1) is 15.8. The molecule has 1 aromatic heterocycles. The highest BCUT2D eigenvalue weighted by molar-refractivity contribution is 6.30. The molecule has 0 aliphatic rings. The van der Waals surface area contributed by atoms with Crippen LogP contribution in [0.5, 0.6) is 6.01 Å². The van der Waals surface area contributed by atoms with Gasteiger partial charge in [0.15, 0.2) is 11.6 Å². The van der Waals surface area contributed by atoms with Crippen LogP contribution in [0.2, 0.25) is 5.02 Å². The summed E-state index contributed by atoms with van der Waals surface area (Å²) in [5.41, 5.74) is 0.789. The van der Waals surface area contributed by atoms with Gasteiger partial charge in [0.05, 0.1) is 18.7 Å². The van der Waals surface area contributed by atoms with Crippen LogP contribution in [-0.2, 0) is 0 Å². The molecule has 0 amide bonds. The minimum atomic E-state index is -0.646. The van der Waals surface area contributed by atoms with Crippen LogP contribution < -0.4 is 4.84 Å². The van der Waals surface area contributed by atoms with E-state index in [1.165, 1.54) is 12.6 Å². The number of benzene rings is 1. The predicted molar refractivity (Wildman–Crippen MR) is 83.5 cm³/mol. The third kappa shape index (κ3) is 4.78. The molecule has 0 fully saturated rings.